The molecule has 0 spiro atoms. The van der Waals surface area contributed by atoms with E-state index in [1.54, 1.807) is 11.3 Å². The SMILES string of the molecule is Cc1c(CCO)sc[n+]1CC(O)c1ccc(Br)cc1. The lowest BCUT2D eigenvalue weighted by molar-refractivity contribution is -0.706. The van der Waals surface area contributed by atoms with Crippen LogP contribution in [0.3, 0.4) is 0 Å². The van der Waals surface area contributed by atoms with E-state index in [4.69, 9.17) is 5.11 Å². The molecule has 0 saturated heterocycles. The molecule has 0 radical (unpaired) electrons. The minimum absolute atomic E-state index is 0.163. The minimum atomic E-state index is -0.520. The Balaban J connectivity index is 2.10. The standard InChI is InChI=1S/C14H17BrNO2S/c1-10-14(6-7-17)19-9-16(10)8-13(18)11-2-4-12(15)5-3-11/h2-5,9,13,17-18H,6-8H2,1H3/q+1. The molecule has 19 heavy (non-hydrogen) atoms. The highest BCUT2D eigenvalue weighted by Gasteiger charge is 2.19. The van der Waals surface area contributed by atoms with Crippen molar-refractivity contribution in [1.29, 1.82) is 0 Å². The zero-order valence-corrected chi connectivity index (χ0v) is 13.1. The maximum atomic E-state index is 10.2. The van der Waals surface area contributed by atoms with Gasteiger partial charge >= 0.3 is 0 Å². The molecule has 1 unspecified atom stereocenters. The number of aliphatic hydroxyl groups excluding tert-OH is 2. The summed E-state index contributed by atoms with van der Waals surface area (Å²) in [7, 11) is 0. The predicted octanol–water partition coefficient (Wildman–Crippen LogP) is 2.37. The van der Waals surface area contributed by atoms with Gasteiger partial charge in [-0.2, -0.15) is 4.57 Å². The van der Waals surface area contributed by atoms with Crippen LogP contribution in [-0.4, -0.2) is 16.8 Å². The van der Waals surface area contributed by atoms with Gasteiger partial charge in [0, 0.05) is 24.4 Å². The smallest absolute Gasteiger partial charge is 0.225 e. The number of aromatic nitrogens is 1. The molecule has 1 heterocycles. The lowest BCUT2D eigenvalue weighted by Gasteiger charge is -2.07. The topological polar surface area (TPSA) is 44.3 Å². The van der Waals surface area contributed by atoms with Crippen LogP contribution in [0.2, 0.25) is 0 Å². The summed E-state index contributed by atoms with van der Waals surface area (Å²) in [4.78, 5) is 1.17. The van der Waals surface area contributed by atoms with Gasteiger partial charge in [0.1, 0.15) is 6.10 Å². The third kappa shape index (κ3) is 3.63. The Morgan fingerprint density at radius 1 is 1.32 bits per heavy atom. The number of nitrogens with zero attached hydrogens (tertiary/aromatic N) is 1. The summed E-state index contributed by atoms with van der Waals surface area (Å²) in [6, 6.07) is 7.71. The van der Waals surface area contributed by atoms with E-state index in [0.29, 0.717) is 13.0 Å². The Kier molecular flexibility index (Phi) is 5.10. The molecule has 0 fully saturated rings. The second-order valence-corrected chi connectivity index (χ2v) is 6.28. The zero-order chi connectivity index (χ0) is 13.8. The van der Waals surface area contributed by atoms with E-state index >= 15 is 0 Å². The molecule has 0 saturated carbocycles. The molecular formula is C14H17BrNO2S+. The Hall–Kier alpha value is -0.750. The number of hydrogen-bond acceptors (Lipinski definition) is 3. The lowest BCUT2D eigenvalue weighted by atomic mass is 10.1. The van der Waals surface area contributed by atoms with Gasteiger partial charge in [-0.1, -0.05) is 39.4 Å². The van der Waals surface area contributed by atoms with Crippen molar-refractivity contribution in [2.45, 2.75) is 26.0 Å². The summed E-state index contributed by atoms with van der Waals surface area (Å²) in [5.74, 6) is 0. The first-order valence-electron chi connectivity index (χ1n) is 6.12. The highest BCUT2D eigenvalue weighted by Crippen LogP contribution is 2.18. The average Bonchev–Trinajstić information content (AvgIpc) is 2.73. The summed E-state index contributed by atoms with van der Waals surface area (Å²) in [6.45, 7) is 2.72. The van der Waals surface area contributed by atoms with Crippen LogP contribution in [0.5, 0.6) is 0 Å². The lowest BCUT2D eigenvalue weighted by Crippen LogP contribution is -2.37. The molecule has 0 amide bonds. The van der Waals surface area contributed by atoms with Gasteiger partial charge in [0.05, 0.1) is 4.88 Å². The first-order valence-corrected chi connectivity index (χ1v) is 7.80. The summed E-state index contributed by atoms with van der Waals surface area (Å²) in [5, 5.41) is 19.2. The van der Waals surface area contributed by atoms with Crippen LogP contribution < -0.4 is 4.57 Å². The summed E-state index contributed by atoms with van der Waals surface area (Å²) in [5.41, 5.74) is 4.03. The van der Waals surface area contributed by atoms with Crippen LogP contribution in [0.25, 0.3) is 0 Å². The molecule has 2 aromatic rings. The normalized spacial score (nSPS) is 12.6. The van der Waals surface area contributed by atoms with E-state index < -0.39 is 6.10 Å². The van der Waals surface area contributed by atoms with Crippen molar-refractivity contribution < 1.29 is 14.8 Å². The molecular weight excluding hydrogens is 326 g/mol. The third-order valence-corrected chi connectivity index (χ3v) is 4.79. The van der Waals surface area contributed by atoms with Crippen molar-refractivity contribution in [1.82, 2.24) is 0 Å². The van der Waals surface area contributed by atoms with Crippen molar-refractivity contribution in [3.63, 3.8) is 0 Å². The molecule has 0 aliphatic rings. The van der Waals surface area contributed by atoms with Gasteiger partial charge in [0.25, 0.3) is 0 Å². The minimum Gasteiger partial charge on any atom is -0.396 e. The van der Waals surface area contributed by atoms with Crippen molar-refractivity contribution >= 4 is 27.3 Å². The predicted molar refractivity (Wildman–Crippen MR) is 79.1 cm³/mol. The van der Waals surface area contributed by atoms with Gasteiger partial charge in [-0.05, 0) is 17.7 Å². The molecule has 1 atom stereocenters. The van der Waals surface area contributed by atoms with E-state index in [-0.39, 0.29) is 6.61 Å². The van der Waals surface area contributed by atoms with Gasteiger partial charge in [-0.25, -0.2) is 0 Å². The van der Waals surface area contributed by atoms with Gasteiger partial charge in [0.15, 0.2) is 12.2 Å². The Labute approximate surface area is 125 Å². The second kappa shape index (κ2) is 6.61. The van der Waals surface area contributed by atoms with E-state index in [1.165, 1.54) is 4.88 Å². The van der Waals surface area contributed by atoms with E-state index in [2.05, 4.69) is 15.9 Å². The number of thiazole rings is 1. The van der Waals surface area contributed by atoms with Crippen LogP contribution in [0.1, 0.15) is 22.2 Å². The fourth-order valence-electron chi connectivity index (χ4n) is 1.95. The quantitative estimate of drug-likeness (QED) is 0.819. The van der Waals surface area contributed by atoms with Crippen LogP contribution in [0, 0.1) is 6.92 Å². The Morgan fingerprint density at radius 3 is 2.63 bits per heavy atom. The largest absolute Gasteiger partial charge is 0.396 e. The van der Waals surface area contributed by atoms with Gasteiger partial charge in [-0.3, -0.25) is 0 Å². The van der Waals surface area contributed by atoms with Crippen molar-refractivity contribution in [3.05, 3.63) is 50.4 Å². The highest BCUT2D eigenvalue weighted by molar-refractivity contribution is 9.10. The second-order valence-electron chi connectivity index (χ2n) is 4.43. The summed E-state index contributed by atoms with van der Waals surface area (Å²) >= 11 is 5.01. The number of halogens is 1. The van der Waals surface area contributed by atoms with Gasteiger partial charge in [-0.15, -0.1) is 0 Å². The van der Waals surface area contributed by atoms with Gasteiger partial charge < -0.3 is 10.2 Å². The number of aliphatic hydroxyl groups is 2. The van der Waals surface area contributed by atoms with Crippen LogP contribution >= 0.6 is 27.3 Å². The maximum absolute atomic E-state index is 10.2. The highest BCUT2D eigenvalue weighted by atomic mass is 79.9. The molecule has 1 aromatic heterocycles. The van der Waals surface area contributed by atoms with Crippen LogP contribution in [0.15, 0.2) is 34.2 Å². The number of benzene rings is 1. The summed E-state index contributed by atoms with van der Waals surface area (Å²) in [6.07, 6.45) is 0.158. The number of rotatable bonds is 5. The molecule has 1 aromatic carbocycles. The molecule has 2 N–H and O–H groups in total. The molecule has 0 bridgehead atoms. The first-order chi connectivity index (χ1) is 9.11. The average molecular weight is 343 g/mol. The van der Waals surface area contributed by atoms with Gasteiger partial charge in [0.2, 0.25) is 5.51 Å². The van der Waals surface area contributed by atoms with Crippen molar-refractivity contribution in [2.24, 2.45) is 0 Å². The first kappa shape index (κ1) is 14.7. The molecule has 2 rings (SSSR count). The number of hydrogen-bond donors (Lipinski definition) is 2. The molecule has 102 valence electrons. The maximum Gasteiger partial charge on any atom is 0.225 e. The molecule has 3 nitrogen and oxygen atoms in total. The molecule has 0 aliphatic heterocycles. The fourth-order valence-corrected chi connectivity index (χ4v) is 3.21. The Bertz CT molecular complexity index is 539. The zero-order valence-electron chi connectivity index (χ0n) is 10.7. The third-order valence-electron chi connectivity index (χ3n) is 3.12. The van der Waals surface area contributed by atoms with Crippen LogP contribution in [0.4, 0.5) is 0 Å². The van der Waals surface area contributed by atoms with E-state index in [1.807, 2.05) is 41.3 Å². The van der Waals surface area contributed by atoms with E-state index in [9.17, 15) is 5.11 Å². The summed E-state index contributed by atoms with van der Waals surface area (Å²) < 4.78 is 3.05. The van der Waals surface area contributed by atoms with Crippen molar-refractivity contribution in [2.75, 3.05) is 6.61 Å². The monoisotopic (exact) mass is 342 g/mol. The van der Waals surface area contributed by atoms with E-state index in [0.717, 1.165) is 15.7 Å². The van der Waals surface area contributed by atoms with Crippen LogP contribution in [-0.2, 0) is 13.0 Å². The Morgan fingerprint density at radius 2 is 2.00 bits per heavy atom. The molecule has 0 aliphatic carbocycles. The fraction of sp³-hybridized carbons (Fsp3) is 0.357. The van der Waals surface area contributed by atoms with Crippen molar-refractivity contribution in [3.8, 4) is 0 Å². The molecule has 5 heteroatoms.